The number of pyridine rings is 1. The zero-order valence-electron chi connectivity index (χ0n) is 15.5. The molecule has 2 aliphatic rings. The molecule has 2 aromatic rings. The van der Waals surface area contributed by atoms with E-state index in [1.165, 1.54) is 18.0 Å². The number of ether oxygens (including phenoxy) is 1. The van der Waals surface area contributed by atoms with Gasteiger partial charge in [0.2, 0.25) is 5.91 Å². The van der Waals surface area contributed by atoms with Crippen molar-refractivity contribution in [1.82, 2.24) is 24.2 Å². The fourth-order valence-electron chi connectivity index (χ4n) is 4.00. The van der Waals surface area contributed by atoms with Crippen LogP contribution in [0.5, 0.6) is 5.75 Å². The summed E-state index contributed by atoms with van der Waals surface area (Å²) in [6.45, 7) is 1.46. The van der Waals surface area contributed by atoms with Gasteiger partial charge < -0.3 is 19.3 Å². The smallest absolute Gasteiger partial charge is 0.343 e. The number of carbonyl (C=O) groups excluding carboxylic acids is 2. The number of nitrogens with zero attached hydrogens (tertiary/aromatic N) is 5. The molecule has 0 bridgehead atoms. The maximum Gasteiger partial charge on any atom is 0.343 e. The average molecular weight is 387 g/mol. The molecule has 0 aliphatic carbocycles. The number of hydrogen-bond donors (Lipinski definition) is 1. The molecule has 0 saturated heterocycles. The molecule has 0 fully saturated rings. The van der Waals surface area contributed by atoms with E-state index in [2.05, 4.69) is 10.1 Å². The van der Waals surface area contributed by atoms with Crippen LogP contribution in [0.25, 0.3) is 0 Å². The van der Waals surface area contributed by atoms with Crippen molar-refractivity contribution in [2.75, 3.05) is 20.2 Å². The van der Waals surface area contributed by atoms with Crippen LogP contribution >= 0.6 is 0 Å². The van der Waals surface area contributed by atoms with E-state index in [9.17, 15) is 19.5 Å². The van der Waals surface area contributed by atoms with Crippen LogP contribution < -0.4 is 5.56 Å². The van der Waals surface area contributed by atoms with Gasteiger partial charge in [0.1, 0.15) is 23.5 Å². The molecule has 0 spiro atoms. The molecule has 2 aromatic heterocycles. The van der Waals surface area contributed by atoms with Gasteiger partial charge >= 0.3 is 5.97 Å². The Balaban J connectivity index is 1.57. The lowest BCUT2D eigenvalue weighted by molar-refractivity contribution is -0.136. The van der Waals surface area contributed by atoms with E-state index in [0.717, 1.165) is 11.9 Å². The van der Waals surface area contributed by atoms with Crippen molar-refractivity contribution >= 4 is 11.9 Å². The van der Waals surface area contributed by atoms with Crippen molar-refractivity contribution in [2.24, 2.45) is 5.92 Å². The molecule has 10 heteroatoms. The second-order valence-corrected chi connectivity index (χ2v) is 7.00. The summed E-state index contributed by atoms with van der Waals surface area (Å²) in [5, 5.41) is 14.2. The number of aryl methyl sites for hydroxylation is 1. The van der Waals surface area contributed by atoms with Gasteiger partial charge in [0.15, 0.2) is 0 Å². The number of esters is 1. The van der Waals surface area contributed by atoms with Crippen molar-refractivity contribution in [3.63, 3.8) is 0 Å². The Morgan fingerprint density at radius 2 is 2.07 bits per heavy atom. The standard InChI is InChI=1S/C18H21N5O5/c1-28-18(27)16-12-4-5-21(6-7-22(12)15(25)8-13(16)24)17(26)11-2-3-14-19-10-20-23(14)9-11/h8,10-11,24H,2-7,9H2,1H3. The predicted molar refractivity (Wildman–Crippen MR) is 95.8 cm³/mol. The molecule has 28 heavy (non-hydrogen) atoms. The predicted octanol–water partition coefficient (Wildman–Crippen LogP) is -0.421. The first-order valence-electron chi connectivity index (χ1n) is 9.19. The first kappa shape index (κ1) is 18.2. The first-order valence-corrected chi connectivity index (χ1v) is 9.19. The number of carbonyl (C=O) groups is 2. The SMILES string of the molecule is COC(=O)c1c(O)cc(=O)n2c1CCN(C(=O)C1CCc3ncnn3C1)CC2. The molecule has 148 valence electrons. The lowest BCUT2D eigenvalue weighted by atomic mass is 9.98. The van der Waals surface area contributed by atoms with E-state index < -0.39 is 17.3 Å². The Kier molecular flexibility index (Phi) is 4.62. The van der Waals surface area contributed by atoms with Gasteiger partial charge in [-0.25, -0.2) is 14.5 Å². The van der Waals surface area contributed by atoms with Crippen LogP contribution in [-0.2, 0) is 35.5 Å². The third kappa shape index (κ3) is 3.04. The number of hydrogen-bond acceptors (Lipinski definition) is 7. The largest absolute Gasteiger partial charge is 0.507 e. The molecular formula is C18H21N5O5. The van der Waals surface area contributed by atoms with Gasteiger partial charge in [0, 0.05) is 44.2 Å². The van der Waals surface area contributed by atoms with Gasteiger partial charge in [0.05, 0.1) is 19.6 Å². The fourth-order valence-corrected chi connectivity index (χ4v) is 4.00. The van der Waals surface area contributed by atoms with Crippen LogP contribution in [0.2, 0.25) is 0 Å². The quantitative estimate of drug-likeness (QED) is 0.695. The average Bonchev–Trinajstić information content (AvgIpc) is 3.05. The first-order chi connectivity index (χ1) is 13.5. The highest BCUT2D eigenvalue weighted by atomic mass is 16.5. The van der Waals surface area contributed by atoms with Crippen molar-refractivity contribution in [1.29, 1.82) is 0 Å². The Bertz CT molecular complexity index is 995. The van der Waals surface area contributed by atoms with Crippen molar-refractivity contribution in [2.45, 2.75) is 32.4 Å². The molecule has 0 radical (unpaired) electrons. The molecule has 4 rings (SSSR count). The fraction of sp³-hybridized carbons (Fsp3) is 0.500. The molecule has 1 amide bonds. The molecule has 10 nitrogen and oxygen atoms in total. The Hall–Kier alpha value is -3.17. The maximum absolute atomic E-state index is 13.1. The summed E-state index contributed by atoms with van der Waals surface area (Å²) in [6.07, 6.45) is 3.18. The van der Waals surface area contributed by atoms with Crippen molar-refractivity contribution in [3.8, 4) is 5.75 Å². The van der Waals surface area contributed by atoms with Crippen molar-refractivity contribution < 1.29 is 19.4 Å². The molecule has 1 atom stereocenters. The van der Waals surface area contributed by atoms with Gasteiger partial charge in [0.25, 0.3) is 5.56 Å². The summed E-state index contributed by atoms with van der Waals surface area (Å²) in [5.74, 6) is -0.399. The summed E-state index contributed by atoms with van der Waals surface area (Å²) < 4.78 is 7.95. The molecular weight excluding hydrogens is 366 g/mol. The summed E-state index contributed by atoms with van der Waals surface area (Å²) in [7, 11) is 1.22. The lowest BCUT2D eigenvalue weighted by Gasteiger charge is -2.28. The van der Waals surface area contributed by atoms with Crippen LogP contribution in [0.15, 0.2) is 17.2 Å². The van der Waals surface area contributed by atoms with Crippen LogP contribution in [0, 0.1) is 5.92 Å². The van der Waals surface area contributed by atoms with Gasteiger partial charge in [-0.05, 0) is 6.42 Å². The molecule has 4 heterocycles. The minimum absolute atomic E-state index is 0.00541. The number of rotatable bonds is 2. The van der Waals surface area contributed by atoms with E-state index in [0.29, 0.717) is 38.2 Å². The minimum Gasteiger partial charge on any atom is -0.507 e. The Labute approximate surface area is 160 Å². The Morgan fingerprint density at radius 1 is 1.25 bits per heavy atom. The van der Waals surface area contributed by atoms with Gasteiger partial charge in [-0.15, -0.1) is 0 Å². The molecule has 1 unspecified atom stereocenters. The molecule has 0 saturated carbocycles. The van der Waals surface area contributed by atoms with Gasteiger partial charge in [-0.2, -0.15) is 5.10 Å². The third-order valence-electron chi connectivity index (χ3n) is 5.46. The van der Waals surface area contributed by atoms with Crippen LogP contribution in [0.4, 0.5) is 0 Å². The van der Waals surface area contributed by atoms with Crippen LogP contribution in [-0.4, -0.2) is 61.4 Å². The summed E-state index contributed by atoms with van der Waals surface area (Å²) in [4.78, 5) is 43.4. The van der Waals surface area contributed by atoms with E-state index >= 15 is 0 Å². The number of aromatic nitrogens is 4. The van der Waals surface area contributed by atoms with E-state index in [4.69, 9.17) is 4.74 Å². The normalized spacial score (nSPS) is 18.8. The number of methoxy groups -OCH3 is 1. The molecule has 0 aromatic carbocycles. The number of aromatic hydroxyl groups is 1. The zero-order chi connectivity index (χ0) is 19.8. The highest BCUT2D eigenvalue weighted by molar-refractivity contribution is 5.93. The highest BCUT2D eigenvalue weighted by Crippen LogP contribution is 2.24. The Morgan fingerprint density at radius 3 is 2.86 bits per heavy atom. The van der Waals surface area contributed by atoms with Gasteiger partial charge in [-0.3, -0.25) is 9.59 Å². The monoisotopic (exact) mass is 387 g/mol. The lowest BCUT2D eigenvalue weighted by Crippen LogP contribution is -2.41. The van der Waals surface area contributed by atoms with E-state index in [1.54, 1.807) is 9.58 Å². The van der Waals surface area contributed by atoms with E-state index in [1.807, 2.05) is 0 Å². The van der Waals surface area contributed by atoms with E-state index in [-0.39, 0.29) is 30.4 Å². The molecule has 1 N–H and O–H groups in total. The summed E-state index contributed by atoms with van der Waals surface area (Å²) in [6, 6.07) is 1.01. The van der Waals surface area contributed by atoms with Crippen LogP contribution in [0.3, 0.4) is 0 Å². The summed E-state index contributed by atoms with van der Waals surface area (Å²) >= 11 is 0. The highest BCUT2D eigenvalue weighted by Gasteiger charge is 2.32. The molecule has 2 aliphatic heterocycles. The summed E-state index contributed by atoms with van der Waals surface area (Å²) in [5.41, 5.74) is -0.0185. The maximum atomic E-state index is 13.1. The van der Waals surface area contributed by atoms with Crippen molar-refractivity contribution in [3.05, 3.63) is 39.8 Å². The zero-order valence-corrected chi connectivity index (χ0v) is 15.5. The van der Waals surface area contributed by atoms with Gasteiger partial charge in [-0.1, -0.05) is 0 Å². The third-order valence-corrected chi connectivity index (χ3v) is 5.46. The number of amides is 1. The van der Waals surface area contributed by atoms with Crippen LogP contribution in [0.1, 0.15) is 28.3 Å². The minimum atomic E-state index is -0.702. The topological polar surface area (TPSA) is 120 Å². The second kappa shape index (κ2) is 7.10. The second-order valence-electron chi connectivity index (χ2n) is 7.00. The number of fused-ring (bicyclic) bond motifs is 2.